The number of hydrogen-bond donors (Lipinski definition) is 0. The van der Waals surface area contributed by atoms with Gasteiger partial charge in [-0.3, -0.25) is 0 Å². The van der Waals surface area contributed by atoms with Gasteiger partial charge in [-0.25, -0.2) is 9.46 Å². The number of carbonyl (C=O) groups is 1. The van der Waals surface area contributed by atoms with Crippen LogP contribution >= 0.6 is 8.53 Å². The highest BCUT2D eigenvalue weighted by Crippen LogP contribution is 2.47. The molecule has 1 aliphatic rings. The Kier molecular flexibility index (Phi) is 17.3. The van der Waals surface area contributed by atoms with Crippen molar-refractivity contribution in [2.24, 2.45) is 11.8 Å². The van der Waals surface area contributed by atoms with E-state index in [0.29, 0.717) is 5.56 Å². The summed E-state index contributed by atoms with van der Waals surface area (Å²) in [7, 11) is 1.72. The highest BCUT2D eigenvalue weighted by Gasteiger charge is 2.46. The average molecular weight is 827 g/mol. The fourth-order valence-electron chi connectivity index (χ4n) is 7.42. The summed E-state index contributed by atoms with van der Waals surface area (Å²) in [5.41, 5.74) is 2.21. The summed E-state index contributed by atoms with van der Waals surface area (Å²) in [4.78, 5) is 13.5. The summed E-state index contributed by atoms with van der Waals surface area (Å²) in [5, 5.41) is 9.23. The van der Waals surface area contributed by atoms with Crippen LogP contribution in [-0.4, -0.2) is 81.9 Å². The van der Waals surface area contributed by atoms with Crippen LogP contribution in [0.2, 0.25) is 0 Å². The second kappa shape index (κ2) is 22.3. The Bertz CT molecular complexity index is 1840. The Hall–Kier alpha value is -4.37. The van der Waals surface area contributed by atoms with Gasteiger partial charge in [0.15, 0.2) is 6.29 Å². The quantitative estimate of drug-likeness (QED) is 0.0346. The van der Waals surface area contributed by atoms with Gasteiger partial charge >= 0.3 is 5.97 Å². The molecule has 1 heterocycles. The normalized spacial score (nSPS) is 20.0. The molecule has 0 saturated carbocycles. The van der Waals surface area contributed by atoms with Crippen molar-refractivity contribution in [1.82, 2.24) is 4.67 Å². The largest absolute Gasteiger partial charge is 0.497 e. The molecule has 0 spiro atoms. The van der Waals surface area contributed by atoms with Gasteiger partial charge in [-0.05, 0) is 80.8 Å². The molecule has 0 aliphatic carbocycles. The summed E-state index contributed by atoms with van der Waals surface area (Å²) in [5.74, 6) is 0.692. The number of benzene rings is 4. The van der Waals surface area contributed by atoms with Crippen molar-refractivity contribution >= 4 is 14.5 Å². The molecular formula is C47H59N2O9P. The molecule has 11 nitrogen and oxygen atoms in total. The maximum Gasteiger partial charge on any atom is 0.338 e. The van der Waals surface area contributed by atoms with Crippen molar-refractivity contribution in [2.75, 3.05) is 40.6 Å². The van der Waals surface area contributed by atoms with Crippen molar-refractivity contribution in [3.05, 3.63) is 131 Å². The van der Waals surface area contributed by atoms with E-state index in [0.717, 1.165) is 28.2 Å². The Morgan fingerprint density at radius 2 is 1.29 bits per heavy atom. The molecule has 316 valence electrons. The van der Waals surface area contributed by atoms with Crippen molar-refractivity contribution in [1.29, 1.82) is 5.26 Å². The van der Waals surface area contributed by atoms with E-state index in [1.54, 1.807) is 38.5 Å². The van der Waals surface area contributed by atoms with Crippen LogP contribution in [0.5, 0.6) is 11.5 Å². The van der Waals surface area contributed by atoms with Crippen LogP contribution in [0.15, 0.2) is 109 Å². The minimum atomic E-state index is -1.58. The lowest BCUT2D eigenvalue weighted by Gasteiger charge is -2.44. The van der Waals surface area contributed by atoms with Crippen LogP contribution in [0.3, 0.4) is 0 Å². The fraction of sp³-hybridized carbons (Fsp3) is 0.447. The van der Waals surface area contributed by atoms with Crippen molar-refractivity contribution in [3.63, 3.8) is 0 Å². The first kappa shape index (κ1) is 45.7. The molecule has 6 atom stereocenters. The molecule has 1 fully saturated rings. The summed E-state index contributed by atoms with van der Waals surface area (Å²) >= 11 is 0. The SMILES string of the molecule is COc1ccc(C(OCCOC2OC(COP(OCCC#N)N(C(C)C)C(C)C)C(OC(=O)c3ccccc3)C(C)C2C)(c2ccccc2)c2ccc(OC)cc2)cc1. The van der Waals surface area contributed by atoms with Gasteiger partial charge in [0.2, 0.25) is 0 Å². The molecule has 6 unspecified atom stereocenters. The van der Waals surface area contributed by atoms with Gasteiger partial charge in [0, 0.05) is 23.9 Å². The lowest BCUT2D eigenvalue weighted by atomic mass is 9.80. The zero-order chi connectivity index (χ0) is 42.4. The number of methoxy groups -OCH3 is 2. The van der Waals surface area contributed by atoms with Gasteiger partial charge in [-0.15, -0.1) is 0 Å². The Balaban J connectivity index is 1.40. The molecule has 59 heavy (non-hydrogen) atoms. The zero-order valence-corrected chi connectivity index (χ0v) is 36.4. The number of ether oxygens (including phenoxy) is 6. The molecular weight excluding hydrogens is 767 g/mol. The summed E-state index contributed by atoms with van der Waals surface area (Å²) in [6, 6.07) is 37.2. The van der Waals surface area contributed by atoms with Gasteiger partial charge in [-0.1, -0.05) is 86.6 Å². The lowest BCUT2D eigenvalue weighted by molar-refractivity contribution is -0.270. The van der Waals surface area contributed by atoms with E-state index in [-0.39, 0.29) is 56.8 Å². The van der Waals surface area contributed by atoms with E-state index in [4.69, 9.17) is 37.5 Å². The first-order valence-electron chi connectivity index (χ1n) is 20.3. The molecule has 1 aliphatic heterocycles. The molecule has 0 aromatic heterocycles. The summed E-state index contributed by atoms with van der Waals surface area (Å²) in [6.45, 7) is 13.1. The number of esters is 1. The van der Waals surface area contributed by atoms with Crippen LogP contribution in [-0.2, 0) is 33.6 Å². The van der Waals surface area contributed by atoms with Crippen LogP contribution in [0.4, 0.5) is 0 Å². The molecule has 0 N–H and O–H groups in total. The zero-order valence-electron chi connectivity index (χ0n) is 35.5. The number of rotatable bonds is 21. The average Bonchev–Trinajstić information content (AvgIpc) is 3.26. The Morgan fingerprint density at radius 3 is 1.81 bits per heavy atom. The smallest absolute Gasteiger partial charge is 0.338 e. The van der Waals surface area contributed by atoms with Crippen molar-refractivity contribution in [3.8, 4) is 17.6 Å². The monoisotopic (exact) mass is 826 g/mol. The van der Waals surface area contributed by atoms with Gasteiger partial charge in [0.1, 0.15) is 29.3 Å². The van der Waals surface area contributed by atoms with E-state index in [2.05, 4.69) is 50.6 Å². The minimum absolute atomic E-state index is 0.0699. The van der Waals surface area contributed by atoms with Crippen LogP contribution in [0.25, 0.3) is 0 Å². The van der Waals surface area contributed by atoms with Gasteiger partial charge in [0.25, 0.3) is 8.53 Å². The maximum absolute atomic E-state index is 13.5. The van der Waals surface area contributed by atoms with Crippen molar-refractivity contribution < 1.29 is 42.3 Å². The van der Waals surface area contributed by atoms with E-state index in [1.807, 2.05) is 86.6 Å². The molecule has 12 heteroatoms. The predicted octanol–water partition coefficient (Wildman–Crippen LogP) is 9.54. The van der Waals surface area contributed by atoms with Gasteiger partial charge in [0.05, 0.1) is 58.7 Å². The second-order valence-electron chi connectivity index (χ2n) is 15.1. The molecule has 5 rings (SSSR count). The first-order valence-corrected chi connectivity index (χ1v) is 21.4. The Labute approximate surface area is 351 Å². The van der Waals surface area contributed by atoms with Crippen LogP contribution < -0.4 is 9.47 Å². The topological polar surface area (TPSA) is 118 Å². The van der Waals surface area contributed by atoms with Crippen LogP contribution in [0, 0.1) is 23.2 Å². The second-order valence-corrected chi connectivity index (χ2v) is 16.5. The highest BCUT2D eigenvalue weighted by atomic mass is 31.2. The molecule has 1 saturated heterocycles. The Morgan fingerprint density at radius 1 is 0.746 bits per heavy atom. The van der Waals surface area contributed by atoms with Crippen LogP contribution in [0.1, 0.15) is 75.0 Å². The number of hydrogen-bond acceptors (Lipinski definition) is 11. The van der Waals surface area contributed by atoms with E-state index in [1.165, 1.54) is 0 Å². The lowest BCUT2D eigenvalue weighted by Crippen LogP contribution is -2.53. The summed E-state index contributed by atoms with van der Waals surface area (Å²) < 4.78 is 52.4. The number of carbonyl (C=O) groups excluding carboxylic acids is 1. The number of nitrogens with zero attached hydrogens (tertiary/aromatic N) is 2. The molecule has 4 aromatic carbocycles. The maximum atomic E-state index is 13.5. The first-order chi connectivity index (χ1) is 28.5. The number of nitriles is 1. The van der Waals surface area contributed by atoms with Gasteiger partial charge < -0.3 is 37.5 Å². The molecule has 0 radical (unpaired) electrons. The summed E-state index contributed by atoms with van der Waals surface area (Å²) in [6.07, 6.45) is -1.77. The van der Waals surface area contributed by atoms with Gasteiger partial charge in [-0.2, -0.15) is 5.26 Å². The van der Waals surface area contributed by atoms with E-state index >= 15 is 0 Å². The third kappa shape index (κ3) is 11.5. The predicted molar refractivity (Wildman–Crippen MR) is 228 cm³/mol. The molecule has 0 bridgehead atoms. The van der Waals surface area contributed by atoms with E-state index < -0.39 is 38.6 Å². The standard InChI is InChI=1S/C47H59N2O9P/c1-33(2)49(34(3)4)59(55-29-15-28-48)56-32-43-44(58-45(50)37-16-11-9-12-17-37)35(5)36(6)46(57-43)53-30-31-54-47(38-18-13-10-14-19-38,39-20-24-41(51-7)25-21-39)40-22-26-42(52-8)27-23-40/h9-14,16-27,33-36,43-44,46H,15,29-32H2,1-8H3. The molecule has 0 amide bonds. The fourth-order valence-corrected chi connectivity index (χ4v) is 9.03. The molecule has 4 aromatic rings. The minimum Gasteiger partial charge on any atom is -0.497 e. The highest BCUT2D eigenvalue weighted by molar-refractivity contribution is 7.44. The van der Waals surface area contributed by atoms with Crippen molar-refractivity contribution in [2.45, 2.75) is 84.1 Å². The third-order valence-electron chi connectivity index (χ3n) is 10.6. The third-order valence-corrected chi connectivity index (χ3v) is 12.6. The van der Waals surface area contributed by atoms with E-state index in [9.17, 15) is 10.1 Å².